The Balaban J connectivity index is 1.86. The minimum atomic E-state index is -2.72. The number of nitrogens with zero attached hydrogens (tertiary/aromatic N) is 3. The fourth-order valence-electron chi connectivity index (χ4n) is 3.26. The number of carbonyl (C=O) groups is 2. The highest BCUT2D eigenvalue weighted by atomic mass is 19.3. The van der Waals surface area contributed by atoms with Gasteiger partial charge in [-0.05, 0) is 33.2 Å². The number of aromatic nitrogens is 2. The minimum absolute atomic E-state index is 0.00691. The topological polar surface area (TPSA) is 87.5 Å². The van der Waals surface area contributed by atoms with Crippen LogP contribution in [0.4, 0.5) is 8.78 Å². The van der Waals surface area contributed by atoms with Crippen LogP contribution in [-0.2, 0) is 16.0 Å². The van der Waals surface area contributed by atoms with Gasteiger partial charge in [0.05, 0.1) is 18.7 Å². The van der Waals surface area contributed by atoms with Crippen molar-refractivity contribution in [3.63, 3.8) is 0 Å². The molecule has 1 aliphatic carbocycles. The Morgan fingerprint density at radius 2 is 2.04 bits per heavy atom. The lowest BCUT2D eigenvalue weighted by Crippen LogP contribution is -2.55. The van der Waals surface area contributed by atoms with Crippen molar-refractivity contribution in [3.8, 4) is 0 Å². The molecule has 0 aliphatic heterocycles. The van der Waals surface area contributed by atoms with Gasteiger partial charge >= 0.3 is 12.5 Å². The summed E-state index contributed by atoms with van der Waals surface area (Å²) in [4.78, 5) is 24.9. The highest BCUT2D eigenvalue weighted by Gasteiger charge is 2.34. The first kappa shape index (κ1) is 19.3. The van der Waals surface area contributed by atoms with Crippen LogP contribution in [0.1, 0.15) is 43.3 Å². The second kappa shape index (κ2) is 7.90. The van der Waals surface area contributed by atoms with E-state index in [0.717, 1.165) is 0 Å². The lowest BCUT2D eigenvalue weighted by Gasteiger charge is -2.42. The summed E-state index contributed by atoms with van der Waals surface area (Å²) in [6.07, 6.45) is 1.40. The molecule has 1 aromatic rings. The van der Waals surface area contributed by atoms with E-state index in [1.807, 2.05) is 11.8 Å². The van der Waals surface area contributed by atoms with Crippen molar-refractivity contribution in [1.29, 1.82) is 0 Å². The Morgan fingerprint density at radius 1 is 1.40 bits per heavy atom. The normalized spacial score (nSPS) is 20.0. The predicted octanol–water partition coefficient (Wildman–Crippen LogP) is 1.49. The Labute approximate surface area is 145 Å². The molecule has 0 unspecified atom stereocenters. The quantitative estimate of drug-likeness (QED) is 0.735. The lowest BCUT2D eigenvalue weighted by atomic mass is 9.85. The van der Waals surface area contributed by atoms with Gasteiger partial charge in [-0.1, -0.05) is 6.92 Å². The summed E-state index contributed by atoms with van der Waals surface area (Å²) < 4.78 is 26.3. The Bertz CT molecular complexity index is 642. The van der Waals surface area contributed by atoms with Gasteiger partial charge in [-0.3, -0.25) is 14.5 Å². The number of carbonyl (C=O) groups excluding carboxylic acids is 1. The van der Waals surface area contributed by atoms with E-state index in [0.29, 0.717) is 41.0 Å². The van der Waals surface area contributed by atoms with Crippen molar-refractivity contribution in [3.05, 3.63) is 17.0 Å². The average Bonchev–Trinajstić information content (AvgIpc) is 2.76. The van der Waals surface area contributed by atoms with E-state index in [1.54, 1.807) is 6.92 Å². The maximum atomic E-state index is 12.8. The summed E-state index contributed by atoms with van der Waals surface area (Å²) in [7, 11) is 0. The van der Waals surface area contributed by atoms with Crippen LogP contribution < -0.4 is 5.32 Å². The van der Waals surface area contributed by atoms with Gasteiger partial charge in [0.15, 0.2) is 0 Å². The molecule has 1 fully saturated rings. The van der Waals surface area contributed by atoms with Crippen LogP contribution in [0.15, 0.2) is 0 Å². The average molecular weight is 358 g/mol. The highest BCUT2D eigenvalue weighted by Crippen LogP contribution is 2.26. The molecule has 0 aromatic carbocycles. The third-order valence-electron chi connectivity index (χ3n) is 4.74. The molecule has 25 heavy (non-hydrogen) atoms. The molecule has 140 valence electrons. The number of hydrogen-bond acceptors (Lipinski definition) is 4. The number of aliphatic carboxylic acids is 1. The number of carboxylic acid groups (broad SMARTS) is 1. The van der Waals surface area contributed by atoms with Gasteiger partial charge in [0.1, 0.15) is 0 Å². The van der Waals surface area contributed by atoms with Gasteiger partial charge in [0, 0.05) is 23.3 Å². The maximum absolute atomic E-state index is 12.8. The molecule has 0 saturated heterocycles. The zero-order chi connectivity index (χ0) is 18.7. The molecule has 1 amide bonds. The number of aryl methyl sites for hydroxylation is 1. The molecule has 1 aliphatic rings. The van der Waals surface area contributed by atoms with E-state index in [1.165, 1.54) is 6.92 Å². The second-order valence-corrected chi connectivity index (χ2v) is 6.39. The number of halogens is 2. The van der Waals surface area contributed by atoms with Crippen molar-refractivity contribution in [2.75, 3.05) is 13.1 Å². The third-order valence-corrected chi connectivity index (χ3v) is 4.74. The second-order valence-electron chi connectivity index (χ2n) is 6.39. The summed E-state index contributed by atoms with van der Waals surface area (Å²) in [5, 5.41) is 15.5. The molecule has 0 atom stereocenters. The Morgan fingerprint density at radius 3 is 2.52 bits per heavy atom. The van der Waals surface area contributed by atoms with Gasteiger partial charge in [-0.15, -0.1) is 0 Å². The van der Waals surface area contributed by atoms with E-state index in [9.17, 15) is 18.4 Å². The van der Waals surface area contributed by atoms with Crippen LogP contribution in [0.2, 0.25) is 0 Å². The van der Waals surface area contributed by atoms with Crippen LogP contribution in [0.3, 0.4) is 0 Å². The number of alkyl halides is 2. The van der Waals surface area contributed by atoms with Gasteiger partial charge in [-0.25, -0.2) is 4.68 Å². The van der Waals surface area contributed by atoms with Crippen molar-refractivity contribution in [2.24, 2.45) is 0 Å². The first-order valence-corrected chi connectivity index (χ1v) is 8.30. The molecule has 9 heteroatoms. The van der Waals surface area contributed by atoms with E-state index >= 15 is 0 Å². The van der Waals surface area contributed by atoms with Crippen LogP contribution >= 0.6 is 0 Å². The largest absolute Gasteiger partial charge is 0.480 e. The van der Waals surface area contributed by atoms with E-state index in [2.05, 4.69) is 10.4 Å². The summed E-state index contributed by atoms with van der Waals surface area (Å²) in [5.74, 6) is -1.10. The van der Waals surface area contributed by atoms with E-state index < -0.39 is 12.5 Å². The zero-order valence-corrected chi connectivity index (χ0v) is 14.6. The van der Waals surface area contributed by atoms with Gasteiger partial charge in [0.2, 0.25) is 5.91 Å². The van der Waals surface area contributed by atoms with Crippen molar-refractivity contribution >= 4 is 11.9 Å². The molecular weight excluding hydrogens is 334 g/mol. The van der Waals surface area contributed by atoms with Crippen LogP contribution in [0.5, 0.6) is 0 Å². The molecule has 2 N–H and O–H groups in total. The molecule has 1 heterocycles. The van der Waals surface area contributed by atoms with Crippen LogP contribution in [0.25, 0.3) is 0 Å². The fourth-order valence-corrected chi connectivity index (χ4v) is 3.26. The smallest absolute Gasteiger partial charge is 0.333 e. The van der Waals surface area contributed by atoms with Gasteiger partial charge in [0.25, 0.3) is 0 Å². The third kappa shape index (κ3) is 4.53. The van der Waals surface area contributed by atoms with Crippen LogP contribution in [-0.4, -0.2) is 56.8 Å². The summed E-state index contributed by atoms with van der Waals surface area (Å²) >= 11 is 0. The molecule has 2 rings (SSSR count). The zero-order valence-electron chi connectivity index (χ0n) is 14.6. The molecule has 0 radical (unpaired) electrons. The summed E-state index contributed by atoms with van der Waals surface area (Å²) in [6.45, 7) is 2.95. The van der Waals surface area contributed by atoms with Crippen molar-refractivity contribution < 1.29 is 23.5 Å². The van der Waals surface area contributed by atoms with Crippen molar-refractivity contribution in [2.45, 2.75) is 58.7 Å². The predicted molar refractivity (Wildman–Crippen MR) is 86.5 cm³/mol. The van der Waals surface area contributed by atoms with Crippen molar-refractivity contribution in [1.82, 2.24) is 20.0 Å². The molecular formula is C16H24F2N4O3. The lowest BCUT2D eigenvalue weighted by molar-refractivity contribution is -0.139. The fraction of sp³-hybridized carbons (Fsp3) is 0.688. The summed E-state index contributed by atoms with van der Waals surface area (Å²) in [5.41, 5.74) is 1.25. The molecule has 1 aromatic heterocycles. The summed E-state index contributed by atoms with van der Waals surface area (Å²) in [6, 6.07) is 0.141. The number of rotatable bonds is 8. The van der Waals surface area contributed by atoms with E-state index in [4.69, 9.17) is 5.11 Å². The number of hydrogen-bond donors (Lipinski definition) is 2. The Hall–Kier alpha value is -2.03. The SMILES string of the molecule is CCN(CC(=O)O)C1CC(NC(=O)Cc2c(C)nn(C(F)F)c2C)C1. The van der Waals surface area contributed by atoms with E-state index in [-0.39, 0.29) is 31.0 Å². The first-order chi connectivity index (χ1) is 11.7. The van der Waals surface area contributed by atoms with Gasteiger partial charge < -0.3 is 10.4 Å². The number of carboxylic acids is 1. The first-order valence-electron chi connectivity index (χ1n) is 8.30. The van der Waals surface area contributed by atoms with Gasteiger partial charge in [-0.2, -0.15) is 13.9 Å². The molecule has 0 bridgehead atoms. The monoisotopic (exact) mass is 358 g/mol. The van der Waals surface area contributed by atoms with Crippen LogP contribution in [0, 0.1) is 13.8 Å². The number of nitrogens with one attached hydrogen (secondary N) is 1. The Kier molecular flexibility index (Phi) is 6.10. The standard InChI is InChI=1S/C16H24F2N4O3/c1-4-21(8-15(24)25)12-5-11(6-12)19-14(23)7-13-9(2)20-22(10(13)3)16(17)18/h11-12,16H,4-8H2,1-3H3,(H,19,23)(H,24,25). The maximum Gasteiger partial charge on any atom is 0.333 e. The number of amides is 1. The highest BCUT2D eigenvalue weighted by molar-refractivity contribution is 5.79. The molecule has 1 saturated carbocycles. The minimum Gasteiger partial charge on any atom is -0.480 e. The number of likely N-dealkylation sites (N-methyl/N-ethyl adjacent to an activating group) is 1. The molecule has 7 nitrogen and oxygen atoms in total. The molecule has 0 spiro atoms.